The number of anilines is 1. The van der Waals surface area contributed by atoms with E-state index in [1.54, 1.807) is 6.07 Å². The van der Waals surface area contributed by atoms with Crippen molar-refractivity contribution in [1.29, 1.82) is 0 Å². The third kappa shape index (κ3) is 3.82. The number of hydrogen-bond donors (Lipinski definition) is 1. The van der Waals surface area contributed by atoms with Gasteiger partial charge in [0.05, 0.1) is 10.7 Å². The molecule has 0 radical (unpaired) electrons. The number of nitrogens with zero attached hydrogens (tertiary/aromatic N) is 3. The van der Waals surface area contributed by atoms with Crippen LogP contribution in [0.2, 0.25) is 5.02 Å². The highest BCUT2D eigenvalue weighted by molar-refractivity contribution is 6.33. The first-order valence-corrected chi connectivity index (χ1v) is 9.97. The van der Waals surface area contributed by atoms with Gasteiger partial charge in [0.2, 0.25) is 0 Å². The van der Waals surface area contributed by atoms with E-state index >= 15 is 0 Å². The molecule has 2 atom stereocenters. The molecule has 1 N–H and O–H groups in total. The largest absolute Gasteiger partial charge is 0.365 e. The van der Waals surface area contributed by atoms with E-state index in [0.29, 0.717) is 40.0 Å². The Bertz CT molecular complexity index is 1010. The molecule has 1 saturated carbocycles. The second-order valence-electron chi connectivity index (χ2n) is 7.75. The molecular weight excluding hydrogens is 394 g/mol. The third-order valence-electron chi connectivity index (χ3n) is 5.77. The summed E-state index contributed by atoms with van der Waals surface area (Å²) in [5, 5.41) is 12.3. The maximum Gasteiger partial charge on any atom is 0.148 e. The van der Waals surface area contributed by atoms with Crippen LogP contribution < -0.4 is 5.32 Å². The molecule has 0 bridgehead atoms. The Hall–Kier alpha value is -2.57. The minimum atomic E-state index is -0.357. The molecule has 0 amide bonds. The number of likely N-dealkylation sites (tertiary alicyclic amines) is 1. The summed E-state index contributed by atoms with van der Waals surface area (Å²) >= 11 is 6.14. The van der Waals surface area contributed by atoms with Crippen molar-refractivity contribution in [3.63, 3.8) is 0 Å². The molecule has 3 aromatic rings. The fraction of sp³-hybridized carbons (Fsp3) is 0.273. The van der Waals surface area contributed by atoms with Gasteiger partial charge in [0.1, 0.15) is 17.5 Å². The van der Waals surface area contributed by atoms with Gasteiger partial charge in [-0.3, -0.25) is 4.90 Å². The van der Waals surface area contributed by atoms with Crippen LogP contribution in [0.4, 0.5) is 14.6 Å². The fourth-order valence-electron chi connectivity index (χ4n) is 4.22. The van der Waals surface area contributed by atoms with Gasteiger partial charge in [-0.25, -0.2) is 8.78 Å². The molecule has 1 saturated heterocycles. The normalized spacial score (nSPS) is 23.1. The van der Waals surface area contributed by atoms with E-state index < -0.39 is 0 Å². The summed E-state index contributed by atoms with van der Waals surface area (Å²) in [5.41, 5.74) is 2.21. The summed E-state index contributed by atoms with van der Waals surface area (Å²) in [6.07, 6.45) is 0. The van der Waals surface area contributed by atoms with Crippen LogP contribution in [0.15, 0.2) is 54.6 Å². The molecule has 1 aliphatic heterocycles. The Labute approximate surface area is 172 Å². The van der Waals surface area contributed by atoms with Crippen molar-refractivity contribution in [2.45, 2.75) is 12.6 Å². The summed E-state index contributed by atoms with van der Waals surface area (Å²) in [4.78, 5) is 2.40. The van der Waals surface area contributed by atoms with Crippen LogP contribution in [0.5, 0.6) is 0 Å². The van der Waals surface area contributed by atoms with Crippen molar-refractivity contribution in [3.8, 4) is 11.3 Å². The van der Waals surface area contributed by atoms with Gasteiger partial charge in [-0.15, -0.1) is 10.2 Å². The molecule has 5 rings (SSSR count). The molecule has 4 nitrogen and oxygen atoms in total. The summed E-state index contributed by atoms with van der Waals surface area (Å²) in [7, 11) is 0. The van der Waals surface area contributed by atoms with Crippen molar-refractivity contribution in [3.05, 3.63) is 76.8 Å². The zero-order chi connectivity index (χ0) is 20.0. The number of fused-ring (bicyclic) bond motifs is 1. The van der Waals surface area contributed by atoms with Crippen LogP contribution in [0, 0.1) is 23.5 Å². The standard InChI is InChI=1S/C22H19ClF2N4/c23-19-6-5-15(25)9-16(19)20-7-8-21(28-27-20)26-22-17-11-29(12-18(17)22)10-13-1-3-14(24)4-2-13/h1-9,17-18,22H,10-12H2,(H,26,28). The van der Waals surface area contributed by atoms with Crippen molar-refractivity contribution in [2.75, 3.05) is 18.4 Å². The van der Waals surface area contributed by atoms with Crippen molar-refractivity contribution >= 4 is 17.4 Å². The molecule has 2 aromatic carbocycles. The molecule has 29 heavy (non-hydrogen) atoms. The molecule has 0 spiro atoms. The number of aromatic nitrogens is 2. The van der Waals surface area contributed by atoms with Crippen LogP contribution >= 0.6 is 11.6 Å². The van der Waals surface area contributed by atoms with Gasteiger partial charge in [-0.1, -0.05) is 23.7 Å². The van der Waals surface area contributed by atoms with E-state index in [9.17, 15) is 8.78 Å². The number of rotatable bonds is 5. The monoisotopic (exact) mass is 412 g/mol. The lowest BCUT2D eigenvalue weighted by Crippen LogP contribution is -2.27. The van der Waals surface area contributed by atoms with Gasteiger partial charge in [-0.05, 0) is 59.9 Å². The summed E-state index contributed by atoms with van der Waals surface area (Å²) < 4.78 is 26.5. The summed E-state index contributed by atoms with van der Waals surface area (Å²) in [6, 6.07) is 15.0. The summed E-state index contributed by atoms with van der Waals surface area (Å²) in [5.74, 6) is 1.34. The number of halogens is 3. The zero-order valence-corrected chi connectivity index (χ0v) is 16.3. The van der Waals surface area contributed by atoms with E-state index in [1.165, 1.54) is 30.3 Å². The van der Waals surface area contributed by atoms with E-state index in [4.69, 9.17) is 11.6 Å². The molecule has 2 unspecified atom stereocenters. The lowest BCUT2D eigenvalue weighted by molar-refractivity contribution is 0.292. The summed E-state index contributed by atoms with van der Waals surface area (Å²) in [6.45, 7) is 2.89. The van der Waals surface area contributed by atoms with Crippen molar-refractivity contribution in [2.24, 2.45) is 11.8 Å². The predicted molar refractivity (Wildman–Crippen MR) is 109 cm³/mol. The molecule has 148 valence electrons. The molecule has 2 fully saturated rings. The maximum absolute atomic E-state index is 13.5. The molecule has 2 aliphatic rings. The fourth-order valence-corrected chi connectivity index (χ4v) is 4.44. The average molecular weight is 413 g/mol. The smallest absolute Gasteiger partial charge is 0.148 e. The van der Waals surface area contributed by atoms with Crippen molar-refractivity contribution in [1.82, 2.24) is 15.1 Å². The molecule has 2 heterocycles. The Morgan fingerprint density at radius 2 is 1.66 bits per heavy atom. The number of hydrogen-bond acceptors (Lipinski definition) is 4. The number of nitrogens with one attached hydrogen (secondary N) is 1. The van der Waals surface area contributed by atoms with Gasteiger partial charge in [0.15, 0.2) is 0 Å². The van der Waals surface area contributed by atoms with E-state index in [0.717, 1.165) is 25.2 Å². The van der Waals surface area contributed by atoms with Gasteiger partial charge < -0.3 is 5.32 Å². The minimum absolute atomic E-state index is 0.200. The van der Waals surface area contributed by atoms with Crippen LogP contribution in [0.1, 0.15) is 5.56 Å². The maximum atomic E-state index is 13.5. The van der Waals surface area contributed by atoms with Crippen LogP contribution in [0.25, 0.3) is 11.3 Å². The van der Waals surface area contributed by atoms with E-state index in [1.807, 2.05) is 18.2 Å². The Morgan fingerprint density at radius 3 is 2.34 bits per heavy atom. The van der Waals surface area contributed by atoms with E-state index in [-0.39, 0.29) is 11.6 Å². The van der Waals surface area contributed by atoms with Gasteiger partial charge in [-0.2, -0.15) is 0 Å². The Morgan fingerprint density at radius 1 is 0.931 bits per heavy atom. The van der Waals surface area contributed by atoms with Crippen LogP contribution in [-0.4, -0.2) is 34.2 Å². The van der Waals surface area contributed by atoms with Crippen LogP contribution in [0.3, 0.4) is 0 Å². The SMILES string of the molecule is Fc1ccc(CN2CC3C(C2)C3Nc2ccc(-c3cc(F)ccc3Cl)nn2)cc1. The predicted octanol–water partition coefficient (Wildman–Crippen LogP) is 4.62. The molecule has 1 aliphatic carbocycles. The number of benzene rings is 2. The van der Waals surface area contributed by atoms with Crippen molar-refractivity contribution < 1.29 is 8.78 Å². The first-order chi connectivity index (χ1) is 14.1. The first kappa shape index (κ1) is 18.5. The topological polar surface area (TPSA) is 41.0 Å². The third-order valence-corrected chi connectivity index (χ3v) is 6.10. The molecule has 1 aromatic heterocycles. The second-order valence-corrected chi connectivity index (χ2v) is 8.15. The minimum Gasteiger partial charge on any atom is -0.365 e. The Balaban J connectivity index is 1.17. The molecule has 7 heteroatoms. The first-order valence-electron chi connectivity index (χ1n) is 9.59. The second kappa shape index (κ2) is 7.35. The zero-order valence-electron chi connectivity index (χ0n) is 15.5. The van der Waals surface area contributed by atoms with E-state index in [2.05, 4.69) is 20.4 Å². The quantitative estimate of drug-likeness (QED) is 0.664. The average Bonchev–Trinajstić information content (AvgIpc) is 3.16. The van der Waals surface area contributed by atoms with Gasteiger partial charge in [0, 0.05) is 31.2 Å². The lowest BCUT2D eigenvalue weighted by Gasteiger charge is -2.20. The van der Waals surface area contributed by atoms with Crippen LogP contribution in [-0.2, 0) is 6.54 Å². The lowest BCUT2D eigenvalue weighted by atomic mass is 10.1. The van der Waals surface area contributed by atoms with Gasteiger partial charge in [0.25, 0.3) is 0 Å². The highest BCUT2D eigenvalue weighted by Crippen LogP contribution is 2.47. The van der Waals surface area contributed by atoms with Gasteiger partial charge >= 0.3 is 0 Å². The highest BCUT2D eigenvalue weighted by Gasteiger charge is 2.55. The molecular formula is C22H19ClF2N4. The number of piperidine rings is 1. The highest BCUT2D eigenvalue weighted by atomic mass is 35.5. The Kier molecular flexibility index (Phi) is 4.68.